The molecule has 1 amide bonds. The molecule has 1 saturated heterocycles. The third-order valence-corrected chi connectivity index (χ3v) is 4.63. The van der Waals surface area contributed by atoms with Crippen molar-refractivity contribution in [3.63, 3.8) is 0 Å². The van der Waals surface area contributed by atoms with Crippen LogP contribution >= 0.6 is 11.8 Å². The lowest BCUT2D eigenvalue weighted by atomic mass is 9.87. The van der Waals surface area contributed by atoms with Crippen molar-refractivity contribution < 1.29 is 9.21 Å². The summed E-state index contributed by atoms with van der Waals surface area (Å²) in [4.78, 5) is 13.5. The van der Waals surface area contributed by atoms with E-state index in [1.807, 2.05) is 6.07 Å². The lowest BCUT2D eigenvalue weighted by Crippen LogP contribution is -2.36. The number of allylic oxidation sites excluding steroid dienone is 2. The number of furan rings is 1. The molecule has 7 heteroatoms. The highest BCUT2D eigenvalue weighted by molar-refractivity contribution is 8.04. The monoisotopic (exact) mass is 298 g/mol. The maximum absolute atomic E-state index is 12.2. The summed E-state index contributed by atoms with van der Waals surface area (Å²) >= 11 is 1.28. The van der Waals surface area contributed by atoms with Gasteiger partial charge in [0.2, 0.25) is 5.91 Å². The fraction of sp³-hybridized carbons (Fsp3) is 0.214. The van der Waals surface area contributed by atoms with E-state index in [1.165, 1.54) is 22.9 Å². The number of carbonyl (C=O) groups is 1. The van der Waals surface area contributed by atoms with Gasteiger partial charge < -0.3 is 10.2 Å². The SMILES string of the molecule is C[C@H]1SC2=C(C#N)[C@H](c3ccco3)C(C#N)=C(N)N2C1=O. The standard InChI is InChI=1S/C14H10N4O2S/c1-7-13(19)18-12(17)8(5-15)11(10-3-2-4-20-10)9(6-16)14(18)21-7/h2-4,7,11H,17H2,1H3/t7-,11-/m1/s1. The molecule has 0 aromatic carbocycles. The third kappa shape index (κ3) is 1.75. The summed E-state index contributed by atoms with van der Waals surface area (Å²) in [5.74, 6) is -0.335. The Kier molecular flexibility index (Phi) is 3.00. The summed E-state index contributed by atoms with van der Waals surface area (Å²) in [7, 11) is 0. The van der Waals surface area contributed by atoms with Crippen molar-refractivity contribution in [3.8, 4) is 12.1 Å². The molecule has 0 bridgehead atoms. The van der Waals surface area contributed by atoms with Crippen LogP contribution in [0.3, 0.4) is 0 Å². The fourth-order valence-corrected chi connectivity index (χ4v) is 3.60. The molecular formula is C14H10N4O2S. The summed E-state index contributed by atoms with van der Waals surface area (Å²) in [6.07, 6.45) is 1.47. The third-order valence-electron chi connectivity index (χ3n) is 3.45. The molecule has 2 aliphatic heterocycles. The molecule has 1 aromatic rings. The maximum atomic E-state index is 12.2. The molecule has 2 N–H and O–H groups in total. The van der Waals surface area contributed by atoms with Crippen LogP contribution in [0.25, 0.3) is 0 Å². The minimum absolute atomic E-state index is 0.0785. The van der Waals surface area contributed by atoms with Gasteiger partial charge in [0.1, 0.15) is 11.6 Å². The molecule has 1 fully saturated rings. The Bertz CT molecular complexity index is 764. The second-order valence-electron chi connectivity index (χ2n) is 4.62. The highest BCUT2D eigenvalue weighted by atomic mass is 32.2. The molecule has 1 aromatic heterocycles. The van der Waals surface area contributed by atoms with Gasteiger partial charge in [-0.05, 0) is 19.1 Å². The smallest absolute Gasteiger partial charge is 0.246 e. The zero-order valence-corrected chi connectivity index (χ0v) is 11.8. The summed E-state index contributed by atoms with van der Waals surface area (Å²) in [5, 5.41) is 19.1. The van der Waals surface area contributed by atoms with Crippen LogP contribution in [0.1, 0.15) is 18.6 Å². The summed E-state index contributed by atoms with van der Waals surface area (Å²) in [6.45, 7) is 1.74. The van der Waals surface area contributed by atoms with Crippen LogP contribution in [-0.4, -0.2) is 16.1 Å². The van der Waals surface area contributed by atoms with E-state index in [4.69, 9.17) is 10.2 Å². The van der Waals surface area contributed by atoms with Gasteiger partial charge in [-0.1, -0.05) is 11.8 Å². The van der Waals surface area contributed by atoms with Crippen molar-refractivity contribution in [1.29, 1.82) is 10.5 Å². The van der Waals surface area contributed by atoms with Crippen LogP contribution in [0.15, 0.2) is 44.8 Å². The topological polar surface area (TPSA) is 107 Å². The van der Waals surface area contributed by atoms with Crippen molar-refractivity contribution in [1.82, 2.24) is 4.90 Å². The van der Waals surface area contributed by atoms with Gasteiger partial charge in [0, 0.05) is 0 Å². The average Bonchev–Trinajstić information content (AvgIpc) is 3.08. The predicted octanol–water partition coefficient (Wildman–Crippen LogP) is 1.77. The highest BCUT2D eigenvalue weighted by Crippen LogP contribution is 2.48. The van der Waals surface area contributed by atoms with E-state index in [2.05, 4.69) is 6.07 Å². The van der Waals surface area contributed by atoms with Crippen molar-refractivity contribution in [2.24, 2.45) is 5.73 Å². The summed E-state index contributed by atoms with van der Waals surface area (Å²) in [5.41, 5.74) is 6.48. The van der Waals surface area contributed by atoms with E-state index in [0.717, 1.165) is 0 Å². The fourth-order valence-electron chi connectivity index (χ4n) is 2.47. The van der Waals surface area contributed by atoms with Crippen LogP contribution in [0, 0.1) is 22.7 Å². The first-order valence-corrected chi connectivity index (χ1v) is 7.06. The first kappa shape index (κ1) is 13.3. The minimum atomic E-state index is -0.660. The van der Waals surface area contributed by atoms with Gasteiger partial charge in [-0.25, -0.2) is 0 Å². The summed E-state index contributed by atoms with van der Waals surface area (Å²) in [6, 6.07) is 7.49. The van der Waals surface area contributed by atoms with Crippen LogP contribution in [0.5, 0.6) is 0 Å². The number of amides is 1. The number of nitrogens with zero attached hydrogens (tertiary/aromatic N) is 3. The Labute approximate surface area is 125 Å². The molecule has 3 heterocycles. The van der Waals surface area contributed by atoms with Gasteiger partial charge >= 0.3 is 0 Å². The molecule has 0 unspecified atom stereocenters. The number of rotatable bonds is 1. The second-order valence-corrected chi connectivity index (χ2v) is 5.95. The number of thioether (sulfide) groups is 1. The quantitative estimate of drug-likeness (QED) is 0.846. The van der Waals surface area contributed by atoms with Gasteiger partial charge in [0.25, 0.3) is 0 Å². The van der Waals surface area contributed by atoms with Gasteiger partial charge in [-0.15, -0.1) is 0 Å². The van der Waals surface area contributed by atoms with Crippen LogP contribution < -0.4 is 5.73 Å². The van der Waals surface area contributed by atoms with Crippen molar-refractivity contribution >= 4 is 17.7 Å². The molecule has 2 atom stereocenters. The van der Waals surface area contributed by atoms with Gasteiger partial charge in [-0.3, -0.25) is 9.69 Å². The normalized spacial score (nSPS) is 24.9. The van der Waals surface area contributed by atoms with E-state index in [0.29, 0.717) is 16.4 Å². The number of fused-ring (bicyclic) bond motifs is 1. The predicted molar refractivity (Wildman–Crippen MR) is 74.8 cm³/mol. The number of hydrogen-bond donors (Lipinski definition) is 1. The minimum Gasteiger partial charge on any atom is -0.468 e. The Morgan fingerprint density at radius 3 is 2.67 bits per heavy atom. The lowest BCUT2D eigenvalue weighted by molar-refractivity contribution is -0.125. The van der Waals surface area contributed by atoms with Crippen LogP contribution in [0.4, 0.5) is 0 Å². The van der Waals surface area contributed by atoms with Crippen LogP contribution in [-0.2, 0) is 4.79 Å². The molecule has 0 radical (unpaired) electrons. The molecule has 104 valence electrons. The molecule has 0 spiro atoms. The number of nitriles is 2. The Balaban J connectivity index is 2.26. The van der Waals surface area contributed by atoms with E-state index in [-0.39, 0.29) is 22.6 Å². The molecule has 3 rings (SSSR count). The van der Waals surface area contributed by atoms with Gasteiger partial charge in [0.15, 0.2) is 0 Å². The zero-order chi connectivity index (χ0) is 15.1. The molecule has 6 nitrogen and oxygen atoms in total. The number of hydrogen-bond acceptors (Lipinski definition) is 6. The Morgan fingerprint density at radius 1 is 1.38 bits per heavy atom. The largest absolute Gasteiger partial charge is 0.468 e. The van der Waals surface area contributed by atoms with E-state index >= 15 is 0 Å². The molecule has 21 heavy (non-hydrogen) atoms. The molecule has 0 saturated carbocycles. The second kappa shape index (κ2) is 4.72. The van der Waals surface area contributed by atoms with Gasteiger partial charge in [0.05, 0.1) is 45.7 Å². The molecule has 2 aliphatic rings. The van der Waals surface area contributed by atoms with Crippen molar-refractivity contribution in [2.45, 2.75) is 18.1 Å². The maximum Gasteiger partial charge on any atom is 0.246 e. The van der Waals surface area contributed by atoms with Crippen molar-refractivity contribution in [3.05, 3.63) is 46.2 Å². The Morgan fingerprint density at radius 2 is 2.10 bits per heavy atom. The highest BCUT2D eigenvalue weighted by Gasteiger charge is 2.45. The van der Waals surface area contributed by atoms with E-state index < -0.39 is 5.92 Å². The molecular weight excluding hydrogens is 288 g/mol. The Hall–Kier alpha value is -2.64. The average molecular weight is 298 g/mol. The van der Waals surface area contributed by atoms with E-state index in [9.17, 15) is 15.3 Å². The first-order chi connectivity index (χ1) is 10.1. The summed E-state index contributed by atoms with van der Waals surface area (Å²) < 4.78 is 5.35. The van der Waals surface area contributed by atoms with Crippen molar-refractivity contribution in [2.75, 3.05) is 0 Å². The molecule has 0 aliphatic carbocycles. The number of carbonyl (C=O) groups excluding carboxylic acids is 1. The lowest BCUT2D eigenvalue weighted by Gasteiger charge is -2.28. The number of nitrogens with two attached hydrogens (primary N) is 1. The first-order valence-electron chi connectivity index (χ1n) is 6.18. The van der Waals surface area contributed by atoms with Gasteiger partial charge in [-0.2, -0.15) is 10.5 Å². The van der Waals surface area contributed by atoms with E-state index in [1.54, 1.807) is 19.1 Å². The van der Waals surface area contributed by atoms with Crippen LogP contribution in [0.2, 0.25) is 0 Å². The zero-order valence-electron chi connectivity index (χ0n) is 11.0.